The fourth-order valence-electron chi connectivity index (χ4n) is 3.78. The van der Waals surface area contributed by atoms with Crippen LogP contribution in [0.15, 0.2) is 22.8 Å². The van der Waals surface area contributed by atoms with Crippen molar-refractivity contribution in [2.45, 2.75) is 19.3 Å². The second-order valence-electron chi connectivity index (χ2n) is 6.99. The molecule has 0 aromatic carbocycles. The van der Waals surface area contributed by atoms with Crippen molar-refractivity contribution in [2.24, 2.45) is 11.7 Å². The number of amides is 3. The van der Waals surface area contributed by atoms with E-state index in [4.69, 9.17) is 10.2 Å². The van der Waals surface area contributed by atoms with Crippen molar-refractivity contribution in [2.75, 3.05) is 45.8 Å². The highest BCUT2D eigenvalue weighted by Gasteiger charge is 2.31. The van der Waals surface area contributed by atoms with Crippen LogP contribution in [0.1, 0.15) is 29.8 Å². The minimum absolute atomic E-state index is 0.101. The average molecular weight is 362 g/mol. The number of piperidine rings is 1. The van der Waals surface area contributed by atoms with Crippen molar-refractivity contribution in [1.29, 1.82) is 0 Å². The summed E-state index contributed by atoms with van der Waals surface area (Å²) in [5, 5.41) is 0. The lowest BCUT2D eigenvalue weighted by Crippen LogP contribution is -2.47. The van der Waals surface area contributed by atoms with Crippen LogP contribution in [0.25, 0.3) is 0 Å². The predicted octanol–water partition coefficient (Wildman–Crippen LogP) is 0.151. The number of hydrogen-bond acceptors (Lipinski definition) is 5. The highest BCUT2D eigenvalue weighted by atomic mass is 16.3. The molecule has 0 saturated carbocycles. The van der Waals surface area contributed by atoms with Gasteiger partial charge in [-0.05, 0) is 37.9 Å². The highest BCUT2D eigenvalue weighted by molar-refractivity contribution is 5.91. The summed E-state index contributed by atoms with van der Waals surface area (Å²) in [6.45, 7) is 3.87. The maximum Gasteiger partial charge on any atom is 0.289 e. The van der Waals surface area contributed by atoms with Gasteiger partial charge in [-0.25, -0.2) is 0 Å². The van der Waals surface area contributed by atoms with E-state index in [1.54, 1.807) is 17.0 Å². The van der Waals surface area contributed by atoms with E-state index >= 15 is 0 Å². The van der Waals surface area contributed by atoms with E-state index in [2.05, 4.69) is 0 Å². The molecule has 1 aromatic rings. The Morgan fingerprint density at radius 2 is 1.85 bits per heavy atom. The lowest BCUT2D eigenvalue weighted by molar-refractivity contribution is -0.137. The van der Waals surface area contributed by atoms with Gasteiger partial charge in [0, 0.05) is 32.7 Å². The Hall–Kier alpha value is -2.35. The van der Waals surface area contributed by atoms with Crippen LogP contribution in [0.3, 0.4) is 0 Å². The van der Waals surface area contributed by atoms with E-state index in [-0.39, 0.29) is 30.2 Å². The Morgan fingerprint density at radius 1 is 1.08 bits per heavy atom. The largest absolute Gasteiger partial charge is 0.459 e. The molecule has 2 aliphatic heterocycles. The van der Waals surface area contributed by atoms with Crippen LogP contribution in [-0.4, -0.2) is 78.2 Å². The second kappa shape index (κ2) is 8.35. The van der Waals surface area contributed by atoms with E-state index in [0.29, 0.717) is 38.5 Å². The number of primary amides is 1. The molecule has 0 radical (unpaired) electrons. The lowest BCUT2D eigenvalue weighted by Gasteiger charge is -2.34. The fraction of sp³-hybridized carbons (Fsp3) is 0.611. The van der Waals surface area contributed by atoms with Gasteiger partial charge >= 0.3 is 0 Å². The third kappa shape index (κ3) is 4.43. The zero-order valence-electron chi connectivity index (χ0n) is 14.9. The van der Waals surface area contributed by atoms with Crippen LogP contribution in [0, 0.1) is 5.92 Å². The van der Waals surface area contributed by atoms with Gasteiger partial charge in [0.1, 0.15) is 0 Å². The summed E-state index contributed by atoms with van der Waals surface area (Å²) < 4.78 is 5.19. The molecule has 2 saturated heterocycles. The molecular formula is C18H26N4O4. The van der Waals surface area contributed by atoms with Crippen molar-refractivity contribution < 1.29 is 18.8 Å². The first-order chi connectivity index (χ1) is 12.5. The topological polar surface area (TPSA) is 100 Å². The van der Waals surface area contributed by atoms with Crippen molar-refractivity contribution in [3.05, 3.63) is 24.2 Å². The zero-order chi connectivity index (χ0) is 18.5. The van der Waals surface area contributed by atoms with E-state index in [1.807, 2.05) is 9.80 Å². The molecule has 8 nitrogen and oxygen atoms in total. The van der Waals surface area contributed by atoms with Crippen LogP contribution in [0.2, 0.25) is 0 Å². The number of carbonyl (C=O) groups excluding carboxylic acids is 3. The van der Waals surface area contributed by atoms with Crippen molar-refractivity contribution >= 4 is 17.7 Å². The Kier molecular flexibility index (Phi) is 5.92. The quantitative estimate of drug-likeness (QED) is 0.822. The summed E-state index contributed by atoms with van der Waals surface area (Å²) in [5.41, 5.74) is 5.27. The molecule has 1 atom stereocenters. The molecule has 2 aliphatic rings. The van der Waals surface area contributed by atoms with E-state index in [1.165, 1.54) is 6.26 Å². The molecular weight excluding hydrogens is 336 g/mol. The van der Waals surface area contributed by atoms with Crippen LogP contribution >= 0.6 is 0 Å². The van der Waals surface area contributed by atoms with E-state index < -0.39 is 0 Å². The number of furan rings is 1. The van der Waals surface area contributed by atoms with Gasteiger partial charge in [-0.2, -0.15) is 0 Å². The molecule has 2 N–H and O–H groups in total. The normalized spacial score (nSPS) is 22.1. The summed E-state index contributed by atoms with van der Waals surface area (Å²) in [7, 11) is 0. The van der Waals surface area contributed by atoms with Gasteiger partial charge in [-0.3, -0.25) is 19.3 Å². The second-order valence-corrected chi connectivity index (χ2v) is 6.99. The standard InChI is InChI=1S/C18H26N4O4/c19-16(23)13-20-6-1-4-14(12-20)17(24)21-7-3-8-22(10-9-21)18(25)15-5-2-11-26-15/h2,5,11,14H,1,3-4,6-10,12-13H2,(H2,19,23)/t14-/m0/s1. The third-order valence-corrected chi connectivity index (χ3v) is 5.06. The molecule has 8 heteroatoms. The summed E-state index contributed by atoms with van der Waals surface area (Å²) in [4.78, 5) is 42.0. The van der Waals surface area contributed by atoms with Gasteiger partial charge in [0.25, 0.3) is 5.91 Å². The van der Waals surface area contributed by atoms with Gasteiger partial charge in [0.05, 0.1) is 18.7 Å². The minimum Gasteiger partial charge on any atom is -0.459 e. The van der Waals surface area contributed by atoms with E-state index in [9.17, 15) is 14.4 Å². The molecule has 0 spiro atoms. The summed E-state index contributed by atoms with van der Waals surface area (Å²) in [6.07, 6.45) is 3.96. The lowest BCUT2D eigenvalue weighted by atomic mass is 9.96. The molecule has 0 aliphatic carbocycles. The van der Waals surface area contributed by atoms with E-state index in [0.717, 1.165) is 25.8 Å². The van der Waals surface area contributed by atoms with Crippen molar-refractivity contribution in [1.82, 2.24) is 14.7 Å². The van der Waals surface area contributed by atoms with Crippen LogP contribution in [0.4, 0.5) is 0 Å². The molecule has 3 rings (SSSR count). The van der Waals surface area contributed by atoms with Crippen molar-refractivity contribution in [3.8, 4) is 0 Å². The summed E-state index contributed by atoms with van der Waals surface area (Å²) >= 11 is 0. The molecule has 2 fully saturated rings. The van der Waals surface area contributed by atoms with Gasteiger partial charge in [0.2, 0.25) is 11.8 Å². The van der Waals surface area contributed by atoms with Gasteiger partial charge in [-0.15, -0.1) is 0 Å². The fourth-order valence-corrected chi connectivity index (χ4v) is 3.78. The maximum atomic E-state index is 12.9. The first-order valence-corrected chi connectivity index (χ1v) is 9.17. The summed E-state index contributed by atoms with van der Waals surface area (Å²) in [6, 6.07) is 3.35. The SMILES string of the molecule is NC(=O)CN1CCC[C@H](C(=O)N2CCCN(C(=O)c3ccco3)CC2)C1. The average Bonchev–Trinajstić information content (AvgIpc) is 3.05. The predicted molar refractivity (Wildman–Crippen MR) is 94.2 cm³/mol. The number of likely N-dealkylation sites (tertiary alicyclic amines) is 1. The molecule has 3 amide bonds. The van der Waals surface area contributed by atoms with Gasteiger partial charge in [-0.1, -0.05) is 0 Å². The number of nitrogens with zero attached hydrogens (tertiary/aromatic N) is 3. The Bertz CT molecular complexity index is 646. The maximum absolute atomic E-state index is 12.9. The molecule has 26 heavy (non-hydrogen) atoms. The van der Waals surface area contributed by atoms with Crippen molar-refractivity contribution in [3.63, 3.8) is 0 Å². The molecule has 1 aromatic heterocycles. The Morgan fingerprint density at radius 3 is 2.58 bits per heavy atom. The molecule has 142 valence electrons. The zero-order valence-corrected chi connectivity index (χ0v) is 14.9. The number of nitrogens with two attached hydrogens (primary N) is 1. The number of hydrogen-bond donors (Lipinski definition) is 1. The van der Waals surface area contributed by atoms with Crippen LogP contribution < -0.4 is 5.73 Å². The number of carbonyl (C=O) groups is 3. The smallest absolute Gasteiger partial charge is 0.289 e. The minimum atomic E-state index is -0.361. The molecule has 3 heterocycles. The first-order valence-electron chi connectivity index (χ1n) is 9.17. The van der Waals surface area contributed by atoms with Crippen LogP contribution in [-0.2, 0) is 9.59 Å². The monoisotopic (exact) mass is 362 g/mol. The van der Waals surface area contributed by atoms with Gasteiger partial charge in [0.15, 0.2) is 5.76 Å². The Labute approximate surface area is 152 Å². The highest BCUT2D eigenvalue weighted by Crippen LogP contribution is 2.20. The van der Waals surface area contributed by atoms with Gasteiger partial charge < -0.3 is 20.0 Å². The third-order valence-electron chi connectivity index (χ3n) is 5.06. The summed E-state index contributed by atoms with van der Waals surface area (Å²) in [5.74, 6) is -0.143. The molecule has 0 bridgehead atoms. The first kappa shape index (κ1) is 18.4. The number of rotatable bonds is 4. The molecule has 0 unspecified atom stereocenters. The Balaban J connectivity index is 1.55. The van der Waals surface area contributed by atoms with Crippen LogP contribution in [0.5, 0.6) is 0 Å².